The molecule has 1 nitrogen and oxygen atoms in total. The number of thiazole rings is 1. The van der Waals surface area contributed by atoms with Gasteiger partial charge in [0.25, 0.3) is 0 Å². The predicted molar refractivity (Wildman–Crippen MR) is 52.5 cm³/mol. The molecule has 0 aromatic carbocycles. The maximum Gasteiger partial charge on any atom is 0.0797 e. The number of hydrogen-bond donors (Lipinski definition) is 0. The van der Waals surface area contributed by atoms with E-state index >= 15 is 0 Å². The Kier molecular flexibility index (Phi) is 1.95. The van der Waals surface area contributed by atoms with Crippen LogP contribution in [0, 0.1) is 5.41 Å². The largest absolute Gasteiger partial charge is 0.249 e. The summed E-state index contributed by atoms with van der Waals surface area (Å²) >= 11 is 1.83. The summed E-state index contributed by atoms with van der Waals surface area (Å²) in [7, 11) is 0. The van der Waals surface area contributed by atoms with Gasteiger partial charge in [-0.15, -0.1) is 11.3 Å². The van der Waals surface area contributed by atoms with Crippen molar-refractivity contribution < 1.29 is 0 Å². The number of aromatic nitrogens is 1. The first-order chi connectivity index (χ1) is 5.67. The number of nitrogens with zero attached hydrogens (tertiary/aromatic N) is 1. The number of aryl methyl sites for hydroxylation is 1. The third-order valence-electron chi connectivity index (χ3n) is 2.63. The molecule has 0 bridgehead atoms. The minimum atomic E-state index is 0.472. The summed E-state index contributed by atoms with van der Waals surface area (Å²) in [5, 5.41) is 0. The molecule has 0 atom stereocenters. The van der Waals surface area contributed by atoms with Gasteiger partial charge >= 0.3 is 0 Å². The summed E-state index contributed by atoms with van der Waals surface area (Å²) in [4.78, 5) is 5.96. The summed E-state index contributed by atoms with van der Waals surface area (Å²) < 4.78 is 0. The van der Waals surface area contributed by atoms with Crippen molar-refractivity contribution in [2.24, 2.45) is 5.41 Å². The van der Waals surface area contributed by atoms with Crippen LogP contribution in [0.5, 0.6) is 0 Å². The fraction of sp³-hybridized carbons (Fsp3) is 0.700. The molecule has 0 unspecified atom stereocenters. The van der Waals surface area contributed by atoms with E-state index < -0.39 is 0 Å². The molecule has 1 aliphatic rings. The molecule has 12 heavy (non-hydrogen) atoms. The van der Waals surface area contributed by atoms with Crippen LogP contribution in [-0.2, 0) is 12.8 Å². The van der Waals surface area contributed by atoms with Gasteiger partial charge in [0.1, 0.15) is 0 Å². The van der Waals surface area contributed by atoms with Crippen LogP contribution >= 0.6 is 11.3 Å². The van der Waals surface area contributed by atoms with E-state index in [4.69, 9.17) is 0 Å². The average molecular weight is 181 g/mol. The molecule has 0 N–H and O–H groups in total. The highest BCUT2D eigenvalue weighted by Crippen LogP contribution is 2.34. The molecule has 0 spiro atoms. The third-order valence-corrected chi connectivity index (χ3v) is 3.56. The zero-order valence-electron chi connectivity index (χ0n) is 7.76. The van der Waals surface area contributed by atoms with E-state index in [1.54, 1.807) is 0 Å². The van der Waals surface area contributed by atoms with Crippen LogP contribution in [0.25, 0.3) is 0 Å². The Morgan fingerprint density at radius 2 is 2.33 bits per heavy atom. The fourth-order valence-corrected chi connectivity index (χ4v) is 2.74. The Morgan fingerprint density at radius 1 is 1.50 bits per heavy atom. The van der Waals surface area contributed by atoms with Crippen molar-refractivity contribution in [3.63, 3.8) is 0 Å². The van der Waals surface area contributed by atoms with Gasteiger partial charge in [-0.1, -0.05) is 13.8 Å². The normalized spacial score (nSPS) is 21.5. The summed E-state index contributed by atoms with van der Waals surface area (Å²) in [6, 6.07) is 0. The molecule has 2 heteroatoms. The highest BCUT2D eigenvalue weighted by molar-refractivity contribution is 7.09. The van der Waals surface area contributed by atoms with E-state index in [1.807, 2.05) is 16.8 Å². The first-order valence-electron chi connectivity index (χ1n) is 4.59. The molecule has 0 saturated heterocycles. The maximum atomic E-state index is 4.43. The SMILES string of the molecule is CC1(C)CCCc2scnc2C1. The van der Waals surface area contributed by atoms with Gasteiger partial charge in [-0.25, -0.2) is 4.98 Å². The molecule has 0 radical (unpaired) electrons. The molecule has 1 aliphatic carbocycles. The number of hydrogen-bond acceptors (Lipinski definition) is 2. The van der Waals surface area contributed by atoms with Gasteiger partial charge in [-0.2, -0.15) is 0 Å². The van der Waals surface area contributed by atoms with E-state index in [0.717, 1.165) is 0 Å². The van der Waals surface area contributed by atoms with Gasteiger partial charge < -0.3 is 0 Å². The van der Waals surface area contributed by atoms with E-state index in [-0.39, 0.29) is 0 Å². The molecule has 1 aromatic rings. The second-order valence-electron chi connectivity index (χ2n) is 4.42. The summed E-state index contributed by atoms with van der Waals surface area (Å²) in [5.41, 5.74) is 3.83. The van der Waals surface area contributed by atoms with Crippen LogP contribution in [0.1, 0.15) is 37.3 Å². The Hall–Kier alpha value is -0.370. The standard InChI is InChI=1S/C10H15NS/c1-10(2)5-3-4-9-8(6-10)11-7-12-9/h7H,3-6H2,1-2H3. The molecular formula is C10H15NS. The van der Waals surface area contributed by atoms with Crippen molar-refractivity contribution in [3.8, 4) is 0 Å². The Morgan fingerprint density at radius 3 is 3.17 bits per heavy atom. The molecule has 66 valence electrons. The Balaban J connectivity index is 2.30. The van der Waals surface area contributed by atoms with Gasteiger partial charge in [0.2, 0.25) is 0 Å². The lowest BCUT2D eigenvalue weighted by Crippen LogP contribution is -2.13. The van der Waals surface area contributed by atoms with Gasteiger partial charge in [-0.05, 0) is 31.1 Å². The van der Waals surface area contributed by atoms with Crippen molar-refractivity contribution >= 4 is 11.3 Å². The van der Waals surface area contributed by atoms with E-state index in [9.17, 15) is 0 Å². The van der Waals surface area contributed by atoms with Crippen molar-refractivity contribution in [2.45, 2.75) is 39.5 Å². The zero-order valence-corrected chi connectivity index (χ0v) is 8.58. The maximum absolute atomic E-state index is 4.43. The first-order valence-corrected chi connectivity index (χ1v) is 5.47. The van der Waals surface area contributed by atoms with Crippen molar-refractivity contribution in [2.75, 3.05) is 0 Å². The zero-order chi connectivity index (χ0) is 8.60. The van der Waals surface area contributed by atoms with E-state index in [2.05, 4.69) is 18.8 Å². The first kappa shape index (κ1) is 8.24. The van der Waals surface area contributed by atoms with Crippen molar-refractivity contribution in [1.29, 1.82) is 0 Å². The predicted octanol–water partition coefficient (Wildman–Crippen LogP) is 3.05. The summed E-state index contributed by atoms with van der Waals surface area (Å²) in [6.07, 6.45) is 5.10. The van der Waals surface area contributed by atoms with Crippen LogP contribution in [0.15, 0.2) is 5.51 Å². The van der Waals surface area contributed by atoms with Crippen LogP contribution in [0.4, 0.5) is 0 Å². The third kappa shape index (κ3) is 1.53. The lowest BCUT2D eigenvalue weighted by atomic mass is 9.85. The lowest BCUT2D eigenvalue weighted by molar-refractivity contribution is 0.330. The van der Waals surface area contributed by atoms with E-state index in [0.29, 0.717) is 5.41 Å². The average Bonchev–Trinajstić information content (AvgIpc) is 2.31. The van der Waals surface area contributed by atoms with Crippen LogP contribution in [0.3, 0.4) is 0 Å². The molecule has 0 saturated carbocycles. The quantitative estimate of drug-likeness (QED) is 0.561. The van der Waals surface area contributed by atoms with Crippen LogP contribution in [0.2, 0.25) is 0 Å². The molecule has 1 heterocycles. The monoisotopic (exact) mass is 181 g/mol. The Labute approximate surface area is 77.8 Å². The van der Waals surface area contributed by atoms with E-state index in [1.165, 1.54) is 36.3 Å². The van der Waals surface area contributed by atoms with Gasteiger partial charge in [0.15, 0.2) is 0 Å². The summed E-state index contributed by atoms with van der Waals surface area (Å²) in [5.74, 6) is 0. The lowest BCUT2D eigenvalue weighted by Gasteiger charge is -2.20. The molecule has 1 aromatic heterocycles. The van der Waals surface area contributed by atoms with Crippen LogP contribution in [-0.4, -0.2) is 4.98 Å². The fourth-order valence-electron chi connectivity index (χ4n) is 1.91. The minimum Gasteiger partial charge on any atom is -0.249 e. The summed E-state index contributed by atoms with van der Waals surface area (Å²) in [6.45, 7) is 4.70. The second-order valence-corrected chi connectivity index (χ2v) is 5.36. The molecule has 2 rings (SSSR count). The molecular weight excluding hydrogens is 166 g/mol. The van der Waals surface area contributed by atoms with Gasteiger partial charge in [0.05, 0.1) is 11.2 Å². The number of rotatable bonds is 0. The number of fused-ring (bicyclic) bond motifs is 1. The van der Waals surface area contributed by atoms with Gasteiger partial charge in [0, 0.05) is 4.88 Å². The van der Waals surface area contributed by atoms with Gasteiger partial charge in [-0.3, -0.25) is 0 Å². The van der Waals surface area contributed by atoms with Crippen molar-refractivity contribution in [1.82, 2.24) is 4.98 Å². The second kappa shape index (κ2) is 2.84. The molecule has 0 aliphatic heterocycles. The highest BCUT2D eigenvalue weighted by atomic mass is 32.1. The molecule has 0 amide bonds. The highest BCUT2D eigenvalue weighted by Gasteiger charge is 2.24. The van der Waals surface area contributed by atoms with Crippen molar-refractivity contribution in [3.05, 3.63) is 16.1 Å². The van der Waals surface area contributed by atoms with Crippen LogP contribution < -0.4 is 0 Å². The topological polar surface area (TPSA) is 12.9 Å². The Bertz CT molecular complexity index is 275. The smallest absolute Gasteiger partial charge is 0.0797 e. The minimum absolute atomic E-state index is 0.472. The molecule has 0 fully saturated rings.